The van der Waals surface area contributed by atoms with Crippen LogP contribution >= 0.6 is 11.6 Å². The molecule has 1 unspecified atom stereocenters. The Morgan fingerprint density at radius 3 is 2.81 bits per heavy atom. The Kier molecular flexibility index (Phi) is 4.83. The summed E-state index contributed by atoms with van der Waals surface area (Å²) < 4.78 is 17.6. The highest BCUT2D eigenvalue weighted by molar-refractivity contribution is 6.32. The Labute approximate surface area is 160 Å². The number of nitrogens with zero attached hydrogens (tertiary/aromatic N) is 3. The van der Waals surface area contributed by atoms with Gasteiger partial charge in [0.2, 0.25) is 0 Å². The highest BCUT2D eigenvalue weighted by Crippen LogP contribution is 2.47. The normalized spacial score (nSPS) is 27.6. The lowest BCUT2D eigenvalue weighted by molar-refractivity contribution is 0.0630. The summed E-state index contributed by atoms with van der Waals surface area (Å²) in [5.74, 6) is 0.635. The second-order valence-corrected chi connectivity index (χ2v) is 8.71. The first-order valence-corrected chi connectivity index (χ1v) is 9.99. The van der Waals surface area contributed by atoms with Crippen LogP contribution in [-0.2, 0) is 0 Å². The van der Waals surface area contributed by atoms with Crippen molar-refractivity contribution in [3.05, 3.63) is 41.3 Å². The third kappa shape index (κ3) is 3.29. The molecule has 4 rings (SSSR count). The number of alkyl halides is 1. The summed E-state index contributed by atoms with van der Waals surface area (Å²) in [7, 11) is 4.20. The molecule has 1 aliphatic carbocycles. The Balaban J connectivity index is 1.46. The molecule has 26 heavy (non-hydrogen) atoms. The molecule has 1 aliphatic heterocycles. The van der Waals surface area contributed by atoms with E-state index in [0.717, 1.165) is 47.7 Å². The standard InChI is InChI=1S/C21H27ClFN3/c1-25(2)13-15-6-9-21(23,10-7-15)11-8-18-20-16(4-3-5-17(20)22)19-12-24-14-26(18)19/h3-5,12,14-15,18H,6-11,13H2,1-2H3. The number of hydrogen-bond donors (Lipinski definition) is 0. The molecule has 0 bridgehead atoms. The highest BCUT2D eigenvalue weighted by atomic mass is 35.5. The molecule has 0 N–H and O–H groups in total. The summed E-state index contributed by atoms with van der Waals surface area (Å²) >= 11 is 6.50. The van der Waals surface area contributed by atoms with Gasteiger partial charge in [-0.25, -0.2) is 9.37 Å². The van der Waals surface area contributed by atoms with Crippen molar-refractivity contribution in [3.63, 3.8) is 0 Å². The fourth-order valence-corrected chi connectivity index (χ4v) is 5.12. The van der Waals surface area contributed by atoms with Gasteiger partial charge in [0.05, 0.1) is 24.3 Å². The van der Waals surface area contributed by atoms with E-state index in [-0.39, 0.29) is 6.04 Å². The second-order valence-electron chi connectivity index (χ2n) is 8.30. The lowest BCUT2D eigenvalue weighted by Crippen LogP contribution is -2.33. The van der Waals surface area contributed by atoms with Gasteiger partial charge in [-0.3, -0.25) is 0 Å². The first-order chi connectivity index (χ1) is 12.5. The molecule has 140 valence electrons. The van der Waals surface area contributed by atoms with Crippen LogP contribution in [-0.4, -0.2) is 40.8 Å². The zero-order valence-electron chi connectivity index (χ0n) is 15.6. The molecule has 2 heterocycles. The summed E-state index contributed by atoms with van der Waals surface area (Å²) in [5, 5.41) is 0.777. The quantitative estimate of drug-likeness (QED) is 0.702. The van der Waals surface area contributed by atoms with Crippen molar-refractivity contribution in [1.82, 2.24) is 14.5 Å². The second kappa shape index (κ2) is 6.97. The van der Waals surface area contributed by atoms with Gasteiger partial charge in [0.25, 0.3) is 0 Å². The predicted octanol–water partition coefficient (Wildman–Crippen LogP) is 5.35. The highest BCUT2D eigenvalue weighted by Gasteiger charge is 2.38. The average Bonchev–Trinajstić information content (AvgIpc) is 3.17. The van der Waals surface area contributed by atoms with Gasteiger partial charge in [-0.1, -0.05) is 23.7 Å². The maximum absolute atomic E-state index is 15.4. The number of halogens is 2. The summed E-state index contributed by atoms with van der Waals surface area (Å²) in [5.41, 5.74) is 2.34. The molecule has 1 atom stereocenters. The number of hydrogen-bond acceptors (Lipinski definition) is 2. The van der Waals surface area contributed by atoms with Gasteiger partial charge in [-0.15, -0.1) is 0 Å². The molecule has 0 spiro atoms. The van der Waals surface area contributed by atoms with Crippen LogP contribution in [0.4, 0.5) is 4.39 Å². The van der Waals surface area contributed by atoms with Crippen LogP contribution in [0.1, 0.15) is 50.1 Å². The molecule has 1 saturated carbocycles. The molecule has 3 nitrogen and oxygen atoms in total. The van der Waals surface area contributed by atoms with E-state index in [9.17, 15) is 0 Å². The largest absolute Gasteiger partial charge is 0.323 e. The lowest BCUT2D eigenvalue weighted by atomic mass is 9.77. The molecule has 5 heteroatoms. The van der Waals surface area contributed by atoms with Crippen molar-refractivity contribution in [2.45, 2.75) is 50.2 Å². The molecule has 1 fully saturated rings. The Morgan fingerprint density at radius 2 is 2.08 bits per heavy atom. The van der Waals surface area contributed by atoms with E-state index < -0.39 is 5.67 Å². The third-order valence-electron chi connectivity index (χ3n) is 6.15. The van der Waals surface area contributed by atoms with E-state index in [1.165, 1.54) is 0 Å². The first kappa shape index (κ1) is 18.0. The first-order valence-electron chi connectivity index (χ1n) is 9.61. The van der Waals surface area contributed by atoms with E-state index in [0.29, 0.717) is 25.2 Å². The Bertz CT molecular complexity index is 777. The minimum Gasteiger partial charge on any atom is -0.323 e. The number of imidazole rings is 1. The van der Waals surface area contributed by atoms with Crippen LogP contribution in [0, 0.1) is 5.92 Å². The zero-order chi connectivity index (χ0) is 18.3. The molecule has 2 aliphatic rings. The summed E-state index contributed by atoms with van der Waals surface area (Å²) in [6.07, 6.45) is 8.46. The minimum absolute atomic E-state index is 0.100. The molecule has 0 radical (unpaired) electrons. The molecular weight excluding hydrogens is 349 g/mol. The van der Waals surface area contributed by atoms with E-state index in [4.69, 9.17) is 11.6 Å². The van der Waals surface area contributed by atoms with Crippen molar-refractivity contribution in [2.24, 2.45) is 5.92 Å². The van der Waals surface area contributed by atoms with Crippen LogP contribution in [0.15, 0.2) is 30.7 Å². The Morgan fingerprint density at radius 1 is 1.31 bits per heavy atom. The molecular formula is C21H27ClFN3. The van der Waals surface area contributed by atoms with E-state index in [2.05, 4.69) is 34.6 Å². The molecule has 1 aromatic heterocycles. The van der Waals surface area contributed by atoms with Crippen LogP contribution in [0.5, 0.6) is 0 Å². The maximum Gasteiger partial charge on any atom is 0.111 e. The van der Waals surface area contributed by atoms with Gasteiger partial charge >= 0.3 is 0 Å². The van der Waals surface area contributed by atoms with Gasteiger partial charge in [0.1, 0.15) is 5.67 Å². The van der Waals surface area contributed by atoms with Crippen LogP contribution < -0.4 is 0 Å². The van der Waals surface area contributed by atoms with E-state index in [1.807, 2.05) is 24.7 Å². The van der Waals surface area contributed by atoms with Gasteiger partial charge in [-0.2, -0.15) is 0 Å². The van der Waals surface area contributed by atoms with Crippen LogP contribution in [0.25, 0.3) is 11.3 Å². The maximum atomic E-state index is 15.4. The van der Waals surface area contributed by atoms with Gasteiger partial charge in [0, 0.05) is 22.7 Å². The average molecular weight is 376 g/mol. The fraction of sp³-hybridized carbons (Fsp3) is 0.571. The minimum atomic E-state index is -1.03. The van der Waals surface area contributed by atoms with E-state index >= 15 is 4.39 Å². The molecule has 2 aromatic rings. The van der Waals surface area contributed by atoms with Crippen molar-refractivity contribution in [3.8, 4) is 11.3 Å². The monoisotopic (exact) mass is 375 g/mol. The van der Waals surface area contributed by atoms with Crippen LogP contribution in [0.2, 0.25) is 5.02 Å². The third-order valence-corrected chi connectivity index (χ3v) is 6.48. The number of fused-ring (bicyclic) bond motifs is 3. The number of benzene rings is 1. The SMILES string of the molecule is CN(C)CC1CCC(F)(CCC2c3c(Cl)cccc3-c3cncn32)CC1. The fourth-order valence-electron chi connectivity index (χ4n) is 4.82. The van der Waals surface area contributed by atoms with Gasteiger partial charge < -0.3 is 9.47 Å². The molecule has 0 amide bonds. The summed E-state index contributed by atoms with van der Waals surface area (Å²) in [6.45, 7) is 1.07. The smallest absolute Gasteiger partial charge is 0.111 e. The van der Waals surface area contributed by atoms with Gasteiger partial charge in [0.15, 0.2) is 0 Å². The topological polar surface area (TPSA) is 21.1 Å². The van der Waals surface area contributed by atoms with Crippen molar-refractivity contribution >= 4 is 11.6 Å². The predicted molar refractivity (Wildman–Crippen MR) is 104 cm³/mol. The van der Waals surface area contributed by atoms with Crippen molar-refractivity contribution in [2.75, 3.05) is 20.6 Å². The zero-order valence-corrected chi connectivity index (χ0v) is 16.3. The van der Waals surface area contributed by atoms with Crippen molar-refractivity contribution < 1.29 is 4.39 Å². The van der Waals surface area contributed by atoms with Crippen molar-refractivity contribution in [1.29, 1.82) is 0 Å². The van der Waals surface area contributed by atoms with E-state index in [1.54, 1.807) is 0 Å². The Hall–Kier alpha value is -1.39. The van der Waals surface area contributed by atoms with Gasteiger partial charge in [-0.05, 0) is 64.6 Å². The number of rotatable bonds is 5. The molecule has 1 aromatic carbocycles. The lowest BCUT2D eigenvalue weighted by Gasteiger charge is -2.35. The number of aromatic nitrogens is 2. The summed E-state index contributed by atoms with van der Waals surface area (Å²) in [4.78, 5) is 6.51. The summed E-state index contributed by atoms with van der Waals surface area (Å²) in [6, 6.07) is 6.10. The molecule has 0 saturated heterocycles. The van der Waals surface area contributed by atoms with Crippen LogP contribution in [0.3, 0.4) is 0 Å².